The van der Waals surface area contributed by atoms with Crippen molar-refractivity contribution in [3.05, 3.63) is 29.6 Å². The van der Waals surface area contributed by atoms with E-state index in [9.17, 15) is 5.11 Å². The SMILES string of the molecule is CN(Cc1ccnc(C(N)=S)c1)CC(C)(C)O. The van der Waals surface area contributed by atoms with Gasteiger partial charge < -0.3 is 10.8 Å². The Morgan fingerprint density at radius 1 is 1.59 bits per heavy atom. The van der Waals surface area contributed by atoms with E-state index in [2.05, 4.69) is 4.98 Å². The first kappa shape index (κ1) is 14.0. The van der Waals surface area contributed by atoms with Crippen LogP contribution in [0.5, 0.6) is 0 Å². The molecule has 0 fully saturated rings. The Hall–Kier alpha value is -1.04. The lowest BCUT2D eigenvalue weighted by Gasteiger charge is -2.25. The number of hydrogen-bond donors (Lipinski definition) is 2. The second-order valence-corrected chi connectivity index (χ2v) is 5.34. The van der Waals surface area contributed by atoms with E-state index in [1.165, 1.54) is 0 Å². The molecule has 0 aliphatic heterocycles. The van der Waals surface area contributed by atoms with Crippen LogP contribution < -0.4 is 5.73 Å². The molecule has 3 N–H and O–H groups in total. The summed E-state index contributed by atoms with van der Waals surface area (Å²) >= 11 is 4.88. The lowest BCUT2D eigenvalue weighted by atomic mass is 10.1. The standard InChI is InChI=1S/C12H19N3OS/c1-12(2,16)8-15(3)7-9-4-5-14-10(6-9)11(13)17/h4-6,16H,7-8H2,1-3H3,(H2,13,17). The van der Waals surface area contributed by atoms with Gasteiger partial charge in [-0.3, -0.25) is 9.88 Å². The summed E-state index contributed by atoms with van der Waals surface area (Å²) < 4.78 is 0. The van der Waals surface area contributed by atoms with Crippen molar-refractivity contribution in [1.82, 2.24) is 9.88 Å². The highest BCUT2D eigenvalue weighted by Gasteiger charge is 2.15. The first-order chi connectivity index (χ1) is 7.78. The van der Waals surface area contributed by atoms with E-state index in [0.717, 1.165) is 12.1 Å². The van der Waals surface area contributed by atoms with Crippen LogP contribution in [0.25, 0.3) is 0 Å². The summed E-state index contributed by atoms with van der Waals surface area (Å²) in [7, 11) is 1.96. The Morgan fingerprint density at radius 2 is 2.24 bits per heavy atom. The summed E-state index contributed by atoms with van der Waals surface area (Å²) in [6, 6.07) is 3.80. The minimum Gasteiger partial charge on any atom is -0.389 e. The molecule has 0 radical (unpaired) electrons. The van der Waals surface area contributed by atoms with Crippen molar-refractivity contribution in [3.8, 4) is 0 Å². The minimum absolute atomic E-state index is 0.303. The predicted octanol–water partition coefficient (Wildman–Crippen LogP) is 0.919. The molecule has 0 aliphatic carbocycles. The van der Waals surface area contributed by atoms with Crippen LogP contribution in [0.4, 0.5) is 0 Å². The number of rotatable bonds is 5. The molecule has 1 heterocycles. The Labute approximate surface area is 107 Å². The highest BCUT2D eigenvalue weighted by atomic mass is 32.1. The van der Waals surface area contributed by atoms with Gasteiger partial charge in [-0.15, -0.1) is 0 Å². The van der Waals surface area contributed by atoms with Gasteiger partial charge in [0.15, 0.2) is 0 Å². The zero-order chi connectivity index (χ0) is 13.1. The molecular weight excluding hydrogens is 234 g/mol. The third-order valence-corrected chi connectivity index (χ3v) is 2.40. The third-order valence-electron chi connectivity index (χ3n) is 2.19. The highest BCUT2D eigenvalue weighted by molar-refractivity contribution is 7.80. The molecule has 0 bridgehead atoms. The van der Waals surface area contributed by atoms with Crippen molar-refractivity contribution in [2.24, 2.45) is 5.73 Å². The Bertz CT molecular complexity index is 401. The molecule has 0 aliphatic rings. The second kappa shape index (κ2) is 5.53. The molecule has 0 amide bonds. The first-order valence-electron chi connectivity index (χ1n) is 5.43. The molecule has 5 heteroatoms. The molecule has 4 nitrogen and oxygen atoms in total. The van der Waals surface area contributed by atoms with Crippen molar-refractivity contribution in [3.63, 3.8) is 0 Å². The van der Waals surface area contributed by atoms with Crippen LogP contribution in [0, 0.1) is 0 Å². The molecular formula is C12H19N3OS. The molecule has 94 valence electrons. The fourth-order valence-corrected chi connectivity index (χ4v) is 1.85. The van der Waals surface area contributed by atoms with E-state index in [4.69, 9.17) is 18.0 Å². The number of aromatic nitrogens is 1. The molecule has 1 aromatic heterocycles. The number of pyridine rings is 1. The Kier molecular flexibility index (Phi) is 4.56. The summed E-state index contributed by atoms with van der Waals surface area (Å²) in [5.74, 6) is 0. The van der Waals surface area contributed by atoms with Gasteiger partial charge >= 0.3 is 0 Å². The lowest BCUT2D eigenvalue weighted by Crippen LogP contribution is -2.35. The number of aliphatic hydroxyl groups is 1. The predicted molar refractivity (Wildman–Crippen MR) is 72.8 cm³/mol. The van der Waals surface area contributed by atoms with Gasteiger partial charge in [-0.05, 0) is 38.6 Å². The molecule has 0 aromatic carbocycles. The van der Waals surface area contributed by atoms with Gasteiger partial charge in [-0.2, -0.15) is 0 Å². The molecule has 1 rings (SSSR count). The Morgan fingerprint density at radius 3 is 2.76 bits per heavy atom. The molecule has 0 saturated heterocycles. The van der Waals surface area contributed by atoms with Gasteiger partial charge in [0.05, 0.1) is 11.3 Å². The average Bonchev–Trinajstić information content (AvgIpc) is 2.14. The van der Waals surface area contributed by atoms with Crippen molar-refractivity contribution >= 4 is 17.2 Å². The molecule has 0 atom stereocenters. The quantitative estimate of drug-likeness (QED) is 0.764. The number of nitrogens with zero attached hydrogens (tertiary/aromatic N) is 2. The monoisotopic (exact) mass is 253 g/mol. The van der Waals surface area contributed by atoms with E-state index in [1.54, 1.807) is 20.0 Å². The molecule has 1 aromatic rings. The fourth-order valence-electron chi connectivity index (χ4n) is 1.74. The van der Waals surface area contributed by atoms with Crippen molar-refractivity contribution < 1.29 is 5.11 Å². The average molecular weight is 253 g/mol. The van der Waals surface area contributed by atoms with Crippen LogP contribution in [0.3, 0.4) is 0 Å². The summed E-state index contributed by atoms with van der Waals surface area (Å²) in [6.07, 6.45) is 1.70. The third kappa shape index (κ3) is 5.21. The molecule has 17 heavy (non-hydrogen) atoms. The van der Waals surface area contributed by atoms with Gasteiger partial charge in [0.25, 0.3) is 0 Å². The van der Waals surface area contributed by atoms with Gasteiger partial charge in [-0.25, -0.2) is 0 Å². The number of thiocarbonyl (C=S) groups is 1. The van der Waals surface area contributed by atoms with E-state index < -0.39 is 5.60 Å². The maximum Gasteiger partial charge on any atom is 0.122 e. The van der Waals surface area contributed by atoms with E-state index in [0.29, 0.717) is 17.2 Å². The maximum absolute atomic E-state index is 9.71. The van der Waals surface area contributed by atoms with Gasteiger partial charge in [0, 0.05) is 19.3 Å². The second-order valence-electron chi connectivity index (χ2n) is 4.90. The zero-order valence-corrected chi connectivity index (χ0v) is 11.3. The summed E-state index contributed by atoms with van der Waals surface area (Å²) in [5.41, 5.74) is 6.54. The summed E-state index contributed by atoms with van der Waals surface area (Å²) in [4.78, 5) is 6.43. The van der Waals surface area contributed by atoms with Crippen LogP contribution in [-0.4, -0.2) is 39.2 Å². The fraction of sp³-hybridized carbons (Fsp3) is 0.500. The number of nitrogens with two attached hydrogens (primary N) is 1. The van der Waals surface area contributed by atoms with E-state index >= 15 is 0 Å². The van der Waals surface area contributed by atoms with E-state index in [1.807, 2.05) is 24.1 Å². The summed E-state index contributed by atoms with van der Waals surface area (Å²) in [6.45, 7) is 4.90. The van der Waals surface area contributed by atoms with Crippen LogP contribution >= 0.6 is 12.2 Å². The zero-order valence-electron chi connectivity index (χ0n) is 10.5. The van der Waals surface area contributed by atoms with Crippen LogP contribution in [0.2, 0.25) is 0 Å². The molecule has 0 unspecified atom stereocenters. The first-order valence-corrected chi connectivity index (χ1v) is 5.84. The van der Waals surface area contributed by atoms with E-state index in [-0.39, 0.29) is 0 Å². The van der Waals surface area contributed by atoms with Crippen LogP contribution in [0.15, 0.2) is 18.3 Å². The Balaban J connectivity index is 2.68. The minimum atomic E-state index is -0.701. The van der Waals surface area contributed by atoms with Crippen LogP contribution in [-0.2, 0) is 6.54 Å². The van der Waals surface area contributed by atoms with Crippen molar-refractivity contribution in [2.45, 2.75) is 26.0 Å². The maximum atomic E-state index is 9.71. The topological polar surface area (TPSA) is 62.4 Å². The van der Waals surface area contributed by atoms with Gasteiger partial charge in [-0.1, -0.05) is 12.2 Å². The molecule has 0 spiro atoms. The van der Waals surface area contributed by atoms with Crippen molar-refractivity contribution in [2.75, 3.05) is 13.6 Å². The summed E-state index contributed by atoms with van der Waals surface area (Å²) in [5, 5.41) is 9.71. The lowest BCUT2D eigenvalue weighted by molar-refractivity contribution is 0.0425. The van der Waals surface area contributed by atoms with Crippen molar-refractivity contribution in [1.29, 1.82) is 0 Å². The number of likely N-dealkylation sites (N-methyl/N-ethyl adjacent to an activating group) is 1. The van der Waals surface area contributed by atoms with Crippen LogP contribution in [0.1, 0.15) is 25.1 Å². The highest BCUT2D eigenvalue weighted by Crippen LogP contribution is 2.09. The van der Waals surface area contributed by atoms with Gasteiger partial charge in [0.1, 0.15) is 4.99 Å². The van der Waals surface area contributed by atoms with Gasteiger partial charge in [0.2, 0.25) is 0 Å². The normalized spacial score (nSPS) is 11.8. The largest absolute Gasteiger partial charge is 0.389 e. The smallest absolute Gasteiger partial charge is 0.122 e. The number of hydrogen-bond acceptors (Lipinski definition) is 4. The molecule has 0 saturated carbocycles.